The van der Waals surface area contributed by atoms with E-state index in [1.54, 1.807) is 24.0 Å². The van der Waals surface area contributed by atoms with Crippen LogP contribution in [0.2, 0.25) is 0 Å². The lowest BCUT2D eigenvalue weighted by molar-refractivity contribution is -0.138. The first-order valence-electron chi connectivity index (χ1n) is 6.26. The molecule has 0 aliphatic carbocycles. The predicted molar refractivity (Wildman–Crippen MR) is 68.2 cm³/mol. The van der Waals surface area contributed by atoms with Crippen molar-refractivity contribution < 1.29 is 19.4 Å². The van der Waals surface area contributed by atoms with Crippen molar-refractivity contribution >= 4 is 17.8 Å². The average Bonchev–Trinajstić information content (AvgIpc) is 2.88. The number of esters is 1. The summed E-state index contributed by atoms with van der Waals surface area (Å²) in [5.74, 6) is -0.676. The van der Waals surface area contributed by atoms with Gasteiger partial charge in [0.1, 0.15) is 11.9 Å². The van der Waals surface area contributed by atoms with Gasteiger partial charge in [0.05, 0.1) is 12.2 Å². The lowest BCUT2D eigenvalue weighted by Gasteiger charge is -2.22. The molecule has 1 aliphatic rings. The Balaban J connectivity index is 2.14. The monoisotopic (exact) mass is 264 g/mol. The molecule has 0 amide bonds. The fourth-order valence-electron chi connectivity index (χ4n) is 2.19. The first kappa shape index (κ1) is 13.3. The summed E-state index contributed by atoms with van der Waals surface area (Å²) in [5.41, 5.74) is 0.372. The molecule has 0 radical (unpaired) electrons. The first-order chi connectivity index (χ1) is 9.13. The number of aliphatic carboxylic acids is 1. The van der Waals surface area contributed by atoms with Crippen LogP contribution in [0.1, 0.15) is 30.1 Å². The van der Waals surface area contributed by atoms with Crippen LogP contribution in [0.4, 0.5) is 5.82 Å². The third kappa shape index (κ3) is 2.83. The second-order valence-corrected chi connectivity index (χ2v) is 4.32. The summed E-state index contributed by atoms with van der Waals surface area (Å²) in [4.78, 5) is 28.5. The first-order valence-corrected chi connectivity index (χ1v) is 6.26. The van der Waals surface area contributed by atoms with Crippen molar-refractivity contribution in [2.24, 2.45) is 0 Å². The Labute approximate surface area is 111 Å². The second kappa shape index (κ2) is 5.69. The van der Waals surface area contributed by atoms with Gasteiger partial charge in [-0.25, -0.2) is 14.6 Å². The molecule has 1 unspecified atom stereocenters. The van der Waals surface area contributed by atoms with Crippen LogP contribution < -0.4 is 4.90 Å². The van der Waals surface area contributed by atoms with Crippen molar-refractivity contribution in [3.63, 3.8) is 0 Å². The van der Waals surface area contributed by atoms with Crippen molar-refractivity contribution in [2.75, 3.05) is 18.1 Å². The normalized spacial score (nSPS) is 18.4. The maximum absolute atomic E-state index is 11.5. The topological polar surface area (TPSA) is 79.7 Å². The molecule has 0 aromatic carbocycles. The Bertz CT molecular complexity index is 472. The maximum atomic E-state index is 11.5. The van der Waals surface area contributed by atoms with Crippen LogP contribution in [0.5, 0.6) is 0 Å². The smallest absolute Gasteiger partial charge is 0.339 e. The van der Waals surface area contributed by atoms with E-state index in [1.807, 2.05) is 0 Å². The highest BCUT2D eigenvalue weighted by atomic mass is 16.5. The van der Waals surface area contributed by atoms with Gasteiger partial charge >= 0.3 is 11.9 Å². The Morgan fingerprint density at radius 2 is 2.32 bits per heavy atom. The van der Waals surface area contributed by atoms with Gasteiger partial charge in [0.2, 0.25) is 0 Å². The molecular weight excluding hydrogens is 248 g/mol. The number of rotatable bonds is 4. The van der Waals surface area contributed by atoms with E-state index in [-0.39, 0.29) is 0 Å². The minimum atomic E-state index is -0.839. The summed E-state index contributed by atoms with van der Waals surface area (Å²) in [5, 5.41) is 9.11. The van der Waals surface area contributed by atoms with Crippen molar-refractivity contribution in [2.45, 2.75) is 25.8 Å². The highest BCUT2D eigenvalue weighted by Gasteiger charge is 2.31. The van der Waals surface area contributed by atoms with E-state index in [2.05, 4.69) is 4.98 Å². The van der Waals surface area contributed by atoms with E-state index in [4.69, 9.17) is 9.84 Å². The van der Waals surface area contributed by atoms with Crippen molar-refractivity contribution in [1.29, 1.82) is 0 Å². The Morgan fingerprint density at radius 3 is 2.89 bits per heavy atom. The SMILES string of the molecule is CCOC(=O)c1ccc(N2CCCC2C(=O)O)nc1. The van der Waals surface area contributed by atoms with Crippen LogP contribution in [-0.2, 0) is 9.53 Å². The van der Waals surface area contributed by atoms with E-state index >= 15 is 0 Å². The molecule has 0 bridgehead atoms. The minimum absolute atomic E-state index is 0.313. The number of ether oxygens (including phenoxy) is 1. The van der Waals surface area contributed by atoms with Crippen LogP contribution >= 0.6 is 0 Å². The summed E-state index contributed by atoms with van der Waals surface area (Å²) in [7, 11) is 0. The molecule has 6 nitrogen and oxygen atoms in total. The maximum Gasteiger partial charge on any atom is 0.339 e. The standard InChI is InChI=1S/C13H16N2O4/c1-2-19-13(18)9-5-6-11(14-8-9)15-7-3-4-10(15)12(16)17/h5-6,8,10H,2-4,7H2,1H3,(H,16,17). The Hall–Kier alpha value is -2.11. The number of carboxylic acid groups (broad SMARTS) is 1. The molecular formula is C13H16N2O4. The Kier molecular flexibility index (Phi) is 3.99. The number of anilines is 1. The molecule has 1 saturated heterocycles. The molecule has 0 spiro atoms. The zero-order valence-electron chi connectivity index (χ0n) is 10.7. The van der Waals surface area contributed by atoms with E-state index in [9.17, 15) is 9.59 Å². The number of pyridine rings is 1. The molecule has 1 aromatic heterocycles. The average molecular weight is 264 g/mol. The molecule has 1 aromatic rings. The number of aromatic nitrogens is 1. The number of hydrogen-bond acceptors (Lipinski definition) is 5. The number of carbonyl (C=O) groups excluding carboxylic acids is 1. The van der Waals surface area contributed by atoms with Gasteiger partial charge in [-0.05, 0) is 31.9 Å². The van der Waals surface area contributed by atoms with E-state index < -0.39 is 18.0 Å². The van der Waals surface area contributed by atoms with Crippen LogP contribution in [0.15, 0.2) is 18.3 Å². The number of carbonyl (C=O) groups is 2. The van der Waals surface area contributed by atoms with Gasteiger partial charge in [-0.2, -0.15) is 0 Å². The molecule has 0 saturated carbocycles. The third-order valence-corrected chi connectivity index (χ3v) is 3.09. The molecule has 1 aliphatic heterocycles. The summed E-state index contributed by atoms with van der Waals surface area (Å²) in [6, 6.07) is 2.74. The number of nitrogens with zero attached hydrogens (tertiary/aromatic N) is 2. The zero-order chi connectivity index (χ0) is 13.8. The van der Waals surface area contributed by atoms with Crippen molar-refractivity contribution in [3.8, 4) is 0 Å². The van der Waals surface area contributed by atoms with Gasteiger partial charge in [0.25, 0.3) is 0 Å². The van der Waals surface area contributed by atoms with Crippen molar-refractivity contribution in [1.82, 2.24) is 4.98 Å². The largest absolute Gasteiger partial charge is 0.480 e. The highest BCUT2D eigenvalue weighted by molar-refractivity contribution is 5.89. The molecule has 102 valence electrons. The minimum Gasteiger partial charge on any atom is -0.480 e. The van der Waals surface area contributed by atoms with E-state index in [1.165, 1.54) is 6.20 Å². The fourth-order valence-corrected chi connectivity index (χ4v) is 2.19. The van der Waals surface area contributed by atoms with E-state index in [0.717, 1.165) is 6.42 Å². The lowest BCUT2D eigenvalue weighted by atomic mass is 10.2. The molecule has 6 heteroatoms. The van der Waals surface area contributed by atoms with Gasteiger partial charge in [-0.1, -0.05) is 0 Å². The predicted octanol–water partition coefficient (Wildman–Crippen LogP) is 1.31. The highest BCUT2D eigenvalue weighted by Crippen LogP contribution is 2.24. The lowest BCUT2D eigenvalue weighted by Crippen LogP contribution is -2.36. The van der Waals surface area contributed by atoms with Gasteiger partial charge in [0.15, 0.2) is 0 Å². The van der Waals surface area contributed by atoms with Gasteiger partial charge in [0, 0.05) is 12.7 Å². The molecule has 2 rings (SSSR count). The van der Waals surface area contributed by atoms with Crippen LogP contribution in [0, 0.1) is 0 Å². The molecule has 19 heavy (non-hydrogen) atoms. The van der Waals surface area contributed by atoms with Crippen molar-refractivity contribution in [3.05, 3.63) is 23.9 Å². The summed E-state index contributed by atoms with van der Waals surface area (Å²) in [6.45, 7) is 2.72. The molecule has 1 fully saturated rings. The Morgan fingerprint density at radius 1 is 1.53 bits per heavy atom. The summed E-state index contributed by atoms with van der Waals surface area (Å²) >= 11 is 0. The van der Waals surface area contributed by atoms with Gasteiger partial charge in [-0.15, -0.1) is 0 Å². The quantitative estimate of drug-likeness (QED) is 0.826. The summed E-state index contributed by atoms with van der Waals surface area (Å²) in [6.07, 6.45) is 2.87. The summed E-state index contributed by atoms with van der Waals surface area (Å²) < 4.78 is 4.87. The molecule has 2 heterocycles. The van der Waals surface area contributed by atoms with Gasteiger partial charge < -0.3 is 14.7 Å². The molecule has 1 atom stereocenters. The van der Waals surface area contributed by atoms with Crippen LogP contribution in [0.25, 0.3) is 0 Å². The van der Waals surface area contributed by atoms with Gasteiger partial charge in [-0.3, -0.25) is 0 Å². The zero-order valence-corrected chi connectivity index (χ0v) is 10.7. The van der Waals surface area contributed by atoms with Crippen LogP contribution in [-0.4, -0.2) is 41.2 Å². The second-order valence-electron chi connectivity index (χ2n) is 4.32. The fraction of sp³-hybridized carbons (Fsp3) is 0.462. The number of hydrogen-bond donors (Lipinski definition) is 1. The third-order valence-electron chi connectivity index (χ3n) is 3.09. The number of carboxylic acids is 1. The van der Waals surface area contributed by atoms with Crippen LogP contribution in [0.3, 0.4) is 0 Å². The molecule has 1 N–H and O–H groups in total. The van der Waals surface area contributed by atoms with E-state index in [0.29, 0.717) is 31.0 Å².